The quantitative estimate of drug-likeness (QED) is 0.825. The van der Waals surface area contributed by atoms with E-state index in [2.05, 4.69) is 9.97 Å². The minimum atomic E-state index is -0.666. The van der Waals surface area contributed by atoms with Gasteiger partial charge in [-0.25, -0.2) is 4.79 Å². The van der Waals surface area contributed by atoms with Gasteiger partial charge in [-0.1, -0.05) is 0 Å². The van der Waals surface area contributed by atoms with Gasteiger partial charge < -0.3 is 0 Å². The molecule has 2 aromatic heterocycles. The zero-order chi connectivity index (χ0) is 13.1. The van der Waals surface area contributed by atoms with Gasteiger partial charge in [-0.05, 0) is 24.6 Å². The maximum Gasteiger partial charge on any atom is 0.328 e. The normalized spacial score (nSPS) is 11.8. The molecule has 0 spiro atoms. The second-order valence-corrected chi connectivity index (χ2v) is 3.78. The Kier molecular flexibility index (Phi) is 3.06. The van der Waals surface area contributed by atoms with Crippen LogP contribution in [0, 0.1) is 11.3 Å². The summed E-state index contributed by atoms with van der Waals surface area (Å²) in [6.45, 7) is 1.80. The van der Waals surface area contributed by atoms with E-state index < -0.39 is 11.2 Å². The van der Waals surface area contributed by atoms with E-state index in [0.29, 0.717) is 0 Å². The largest absolute Gasteiger partial charge is 0.328 e. The van der Waals surface area contributed by atoms with Crippen molar-refractivity contribution in [3.05, 3.63) is 62.7 Å². The minimum absolute atomic E-state index is 0.0875. The lowest BCUT2D eigenvalue weighted by Gasteiger charge is -2.14. The van der Waals surface area contributed by atoms with Crippen molar-refractivity contribution in [2.75, 3.05) is 0 Å². The lowest BCUT2D eigenvalue weighted by atomic mass is 10.1. The van der Waals surface area contributed by atoms with Gasteiger partial charge in [-0.15, -0.1) is 0 Å². The van der Waals surface area contributed by atoms with Crippen molar-refractivity contribution >= 4 is 0 Å². The van der Waals surface area contributed by atoms with Crippen LogP contribution in [-0.2, 0) is 0 Å². The third-order valence-electron chi connectivity index (χ3n) is 2.69. The SMILES string of the molecule is CC(c1ccncc1)n1cc(C#N)c(=O)[nH]c1=O. The van der Waals surface area contributed by atoms with Crippen LogP contribution >= 0.6 is 0 Å². The molecular weight excluding hydrogens is 232 g/mol. The number of rotatable bonds is 2. The van der Waals surface area contributed by atoms with E-state index >= 15 is 0 Å². The first kappa shape index (κ1) is 11.8. The lowest BCUT2D eigenvalue weighted by Crippen LogP contribution is -2.33. The molecule has 0 aliphatic heterocycles. The topological polar surface area (TPSA) is 91.5 Å². The maximum atomic E-state index is 11.7. The zero-order valence-electron chi connectivity index (χ0n) is 9.62. The van der Waals surface area contributed by atoms with Crippen LogP contribution in [0.15, 0.2) is 40.3 Å². The Bertz CT molecular complexity index is 709. The lowest BCUT2D eigenvalue weighted by molar-refractivity contribution is 0.592. The van der Waals surface area contributed by atoms with Gasteiger partial charge in [-0.2, -0.15) is 5.26 Å². The van der Waals surface area contributed by atoms with E-state index in [4.69, 9.17) is 5.26 Å². The zero-order valence-corrected chi connectivity index (χ0v) is 9.62. The molecule has 1 atom stereocenters. The van der Waals surface area contributed by atoms with Crippen LogP contribution in [0.5, 0.6) is 0 Å². The molecule has 1 unspecified atom stereocenters. The highest BCUT2D eigenvalue weighted by Crippen LogP contribution is 2.13. The predicted molar refractivity (Wildman–Crippen MR) is 64.1 cm³/mol. The van der Waals surface area contributed by atoms with Gasteiger partial charge in [0.15, 0.2) is 0 Å². The monoisotopic (exact) mass is 242 g/mol. The molecule has 0 aliphatic carbocycles. The fraction of sp³-hybridized carbons (Fsp3) is 0.167. The van der Waals surface area contributed by atoms with Crippen LogP contribution in [-0.4, -0.2) is 14.5 Å². The number of pyridine rings is 1. The summed E-state index contributed by atoms with van der Waals surface area (Å²) in [7, 11) is 0. The fourth-order valence-corrected chi connectivity index (χ4v) is 1.66. The summed E-state index contributed by atoms with van der Waals surface area (Å²) in [4.78, 5) is 29.0. The van der Waals surface area contributed by atoms with Gasteiger partial charge in [0.1, 0.15) is 11.6 Å². The number of nitriles is 1. The number of hydrogen-bond donors (Lipinski definition) is 1. The summed E-state index contributed by atoms with van der Waals surface area (Å²) in [6.07, 6.45) is 4.51. The minimum Gasteiger partial charge on any atom is -0.292 e. The Hall–Kier alpha value is -2.68. The molecule has 0 radical (unpaired) electrons. The summed E-state index contributed by atoms with van der Waals surface area (Å²) in [5, 5.41) is 8.79. The third kappa shape index (κ3) is 2.06. The molecule has 0 saturated carbocycles. The molecule has 2 heterocycles. The number of aromatic nitrogens is 3. The Morgan fingerprint density at radius 3 is 2.67 bits per heavy atom. The summed E-state index contributed by atoms with van der Waals surface area (Å²) < 4.78 is 1.31. The van der Waals surface area contributed by atoms with Crippen molar-refractivity contribution in [3.63, 3.8) is 0 Å². The highest BCUT2D eigenvalue weighted by molar-refractivity contribution is 5.23. The standard InChI is InChI=1S/C12H10N4O2/c1-8(9-2-4-14-5-3-9)16-7-10(6-13)11(17)15-12(16)18/h2-5,7-8H,1H3,(H,15,17,18). The number of nitrogens with one attached hydrogen (secondary N) is 1. The van der Waals surface area contributed by atoms with E-state index in [0.717, 1.165) is 5.56 Å². The van der Waals surface area contributed by atoms with Crippen molar-refractivity contribution < 1.29 is 0 Å². The van der Waals surface area contributed by atoms with Crippen LogP contribution in [0.3, 0.4) is 0 Å². The summed E-state index contributed by atoms with van der Waals surface area (Å²) in [5.41, 5.74) is -0.428. The number of aromatic amines is 1. The summed E-state index contributed by atoms with van der Waals surface area (Å²) >= 11 is 0. The highest BCUT2D eigenvalue weighted by Gasteiger charge is 2.11. The van der Waals surface area contributed by atoms with Crippen LogP contribution < -0.4 is 11.2 Å². The van der Waals surface area contributed by atoms with Crippen molar-refractivity contribution in [2.24, 2.45) is 0 Å². The molecule has 6 heteroatoms. The van der Waals surface area contributed by atoms with Gasteiger partial charge >= 0.3 is 5.69 Å². The van der Waals surface area contributed by atoms with Crippen LogP contribution in [0.25, 0.3) is 0 Å². The van der Waals surface area contributed by atoms with Gasteiger partial charge in [0.2, 0.25) is 0 Å². The van der Waals surface area contributed by atoms with E-state index in [-0.39, 0.29) is 11.6 Å². The summed E-state index contributed by atoms with van der Waals surface area (Å²) in [6, 6.07) is 5.01. The van der Waals surface area contributed by atoms with Gasteiger partial charge in [0.05, 0.1) is 6.04 Å². The first-order chi connectivity index (χ1) is 8.63. The second kappa shape index (κ2) is 4.67. The highest BCUT2D eigenvalue weighted by atomic mass is 16.2. The molecular formula is C12H10N4O2. The van der Waals surface area contributed by atoms with Crippen molar-refractivity contribution in [3.8, 4) is 6.07 Å². The summed E-state index contributed by atoms with van der Waals surface area (Å²) in [5.74, 6) is 0. The van der Waals surface area contributed by atoms with Gasteiger partial charge in [0, 0.05) is 18.6 Å². The Morgan fingerprint density at radius 1 is 1.39 bits per heavy atom. The predicted octanol–water partition coefficient (Wildman–Crippen LogP) is 0.413. The molecule has 0 saturated heterocycles. The molecule has 0 fully saturated rings. The van der Waals surface area contributed by atoms with Crippen molar-refractivity contribution in [2.45, 2.75) is 13.0 Å². The van der Waals surface area contributed by atoms with E-state index in [1.807, 2.05) is 0 Å². The van der Waals surface area contributed by atoms with E-state index in [1.165, 1.54) is 10.8 Å². The Balaban J connectivity index is 2.56. The average molecular weight is 242 g/mol. The smallest absolute Gasteiger partial charge is 0.292 e. The number of H-pyrrole nitrogens is 1. The molecule has 2 aromatic rings. The fourth-order valence-electron chi connectivity index (χ4n) is 1.66. The molecule has 0 aromatic carbocycles. The second-order valence-electron chi connectivity index (χ2n) is 3.78. The molecule has 2 rings (SSSR count). The van der Waals surface area contributed by atoms with Gasteiger partial charge in [0.25, 0.3) is 5.56 Å². The molecule has 0 bridgehead atoms. The molecule has 0 aliphatic rings. The van der Waals surface area contributed by atoms with E-state index in [1.54, 1.807) is 37.5 Å². The van der Waals surface area contributed by atoms with Crippen molar-refractivity contribution in [1.29, 1.82) is 5.26 Å². The maximum absolute atomic E-state index is 11.7. The van der Waals surface area contributed by atoms with Crippen molar-refractivity contribution in [1.82, 2.24) is 14.5 Å². The molecule has 1 N–H and O–H groups in total. The molecule has 18 heavy (non-hydrogen) atoms. The third-order valence-corrected chi connectivity index (χ3v) is 2.69. The molecule has 6 nitrogen and oxygen atoms in total. The van der Waals surface area contributed by atoms with Crippen LogP contribution in [0.4, 0.5) is 0 Å². The van der Waals surface area contributed by atoms with Crippen LogP contribution in [0.1, 0.15) is 24.1 Å². The Labute approximate surface area is 102 Å². The van der Waals surface area contributed by atoms with Gasteiger partial charge in [-0.3, -0.25) is 19.3 Å². The number of nitrogens with zero attached hydrogens (tertiary/aromatic N) is 3. The van der Waals surface area contributed by atoms with E-state index in [9.17, 15) is 9.59 Å². The molecule has 90 valence electrons. The first-order valence-electron chi connectivity index (χ1n) is 5.29. The number of hydrogen-bond acceptors (Lipinski definition) is 4. The Morgan fingerprint density at radius 2 is 2.06 bits per heavy atom. The average Bonchev–Trinajstić information content (AvgIpc) is 2.39. The molecule has 0 amide bonds. The first-order valence-corrected chi connectivity index (χ1v) is 5.29. The van der Waals surface area contributed by atoms with Crippen LogP contribution in [0.2, 0.25) is 0 Å².